The van der Waals surface area contributed by atoms with Gasteiger partial charge in [0.25, 0.3) is 0 Å². The summed E-state index contributed by atoms with van der Waals surface area (Å²) in [5.41, 5.74) is 4.99. The number of thiazole rings is 1. The number of phenolic OH excluding ortho intramolecular Hbond substituents is 1. The highest BCUT2D eigenvalue weighted by Gasteiger charge is 2.19. The molecular formula is C18H14BrN3O3S. The van der Waals surface area contributed by atoms with Crippen LogP contribution in [0.5, 0.6) is 5.75 Å². The van der Waals surface area contributed by atoms with E-state index in [-0.39, 0.29) is 5.75 Å². The third-order valence-electron chi connectivity index (χ3n) is 3.39. The van der Waals surface area contributed by atoms with Crippen LogP contribution in [0.4, 0.5) is 5.13 Å². The minimum atomic E-state index is -0.444. The first-order chi connectivity index (χ1) is 12.6. The topological polar surface area (TPSA) is 83.8 Å². The number of aromatic nitrogens is 1. The van der Waals surface area contributed by atoms with Crippen molar-refractivity contribution in [1.29, 1.82) is 0 Å². The zero-order valence-electron chi connectivity index (χ0n) is 13.6. The second kappa shape index (κ2) is 8.11. The number of aromatic hydroxyl groups is 1. The van der Waals surface area contributed by atoms with E-state index in [4.69, 9.17) is 4.74 Å². The van der Waals surface area contributed by atoms with Crippen LogP contribution in [0.1, 0.15) is 15.2 Å². The number of carbonyl (C=O) groups excluding carboxylic acids is 1. The summed E-state index contributed by atoms with van der Waals surface area (Å²) >= 11 is 4.42. The first-order valence-corrected chi connectivity index (χ1v) is 9.11. The largest absolute Gasteiger partial charge is 0.507 e. The number of rotatable bonds is 5. The number of ether oxygens (including phenoxy) is 1. The van der Waals surface area contributed by atoms with Gasteiger partial charge in [0.05, 0.1) is 23.5 Å². The molecule has 0 atom stereocenters. The number of hydrogen-bond donors (Lipinski definition) is 2. The third-order valence-corrected chi connectivity index (χ3v) is 4.97. The Kier molecular flexibility index (Phi) is 5.65. The second-order valence-corrected chi connectivity index (χ2v) is 6.99. The molecule has 0 radical (unpaired) electrons. The van der Waals surface area contributed by atoms with Crippen LogP contribution >= 0.6 is 27.3 Å². The van der Waals surface area contributed by atoms with Gasteiger partial charge in [0.1, 0.15) is 10.6 Å². The van der Waals surface area contributed by atoms with Crippen molar-refractivity contribution in [2.24, 2.45) is 5.10 Å². The van der Waals surface area contributed by atoms with Gasteiger partial charge in [-0.3, -0.25) is 5.43 Å². The smallest absolute Gasteiger partial charge is 0.350 e. The maximum absolute atomic E-state index is 12.0. The number of esters is 1. The number of hydrogen-bond acceptors (Lipinski definition) is 7. The summed E-state index contributed by atoms with van der Waals surface area (Å²) in [6, 6.07) is 14.4. The second-order valence-electron chi connectivity index (χ2n) is 5.14. The lowest BCUT2D eigenvalue weighted by molar-refractivity contribution is 0.0607. The molecule has 0 bridgehead atoms. The Morgan fingerprint density at radius 2 is 2.08 bits per heavy atom. The van der Waals surface area contributed by atoms with Gasteiger partial charge >= 0.3 is 5.97 Å². The van der Waals surface area contributed by atoms with Crippen LogP contribution in [-0.2, 0) is 4.74 Å². The van der Waals surface area contributed by atoms with Crippen molar-refractivity contribution in [3.8, 4) is 17.0 Å². The summed E-state index contributed by atoms with van der Waals surface area (Å²) in [5, 5.41) is 14.1. The Morgan fingerprint density at radius 1 is 1.31 bits per heavy atom. The van der Waals surface area contributed by atoms with Crippen molar-refractivity contribution in [2.45, 2.75) is 0 Å². The summed E-state index contributed by atoms with van der Waals surface area (Å²) < 4.78 is 5.43. The van der Waals surface area contributed by atoms with Gasteiger partial charge in [-0.05, 0) is 39.7 Å². The molecule has 132 valence electrons. The molecule has 0 fully saturated rings. The van der Waals surface area contributed by atoms with E-state index in [2.05, 4.69) is 31.4 Å². The fourth-order valence-electron chi connectivity index (χ4n) is 2.16. The summed E-state index contributed by atoms with van der Waals surface area (Å²) in [6.07, 6.45) is 1.59. The van der Waals surface area contributed by atoms with Crippen molar-refractivity contribution >= 4 is 44.6 Å². The molecular weight excluding hydrogens is 418 g/mol. The van der Waals surface area contributed by atoms with Gasteiger partial charge in [0.2, 0.25) is 5.13 Å². The van der Waals surface area contributed by atoms with Gasteiger partial charge in [-0.2, -0.15) is 5.10 Å². The summed E-state index contributed by atoms with van der Waals surface area (Å²) in [6.45, 7) is 0. The lowest BCUT2D eigenvalue weighted by Gasteiger charge is -1.99. The monoisotopic (exact) mass is 431 g/mol. The van der Waals surface area contributed by atoms with Gasteiger partial charge in [-0.15, -0.1) is 0 Å². The minimum absolute atomic E-state index is 0.158. The Hall–Kier alpha value is -2.71. The molecule has 1 aromatic heterocycles. The highest BCUT2D eigenvalue weighted by molar-refractivity contribution is 9.10. The quantitative estimate of drug-likeness (QED) is 0.352. The highest BCUT2D eigenvalue weighted by Crippen LogP contribution is 2.31. The van der Waals surface area contributed by atoms with Crippen molar-refractivity contribution < 1.29 is 14.6 Å². The third kappa shape index (κ3) is 4.09. The van der Waals surface area contributed by atoms with Gasteiger partial charge in [0.15, 0.2) is 0 Å². The van der Waals surface area contributed by atoms with Crippen LogP contribution in [0.15, 0.2) is 58.1 Å². The lowest BCUT2D eigenvalue weighted by atomic mass is 10.1. The molecule has 2 N–H and O–H groups in total. The van der Waals surface area contributed by atoms with E-state index in [1.165, 1.54) is 18.4 Å². The fraction of sp³-hybridized carbons (Fsp3) is 0.0556. The predicted molar refractivity (Wildman–Crippen MR) is 106 cm³/mol. The SMILES string of the molecule is COC(=O)c1sc(N/N=C\c2ccc(O)c(Br)c2)nc1-c1ccccc1. The van der Waals surface area contributed by atoms with E-state index in [9.17, 15) is 9.90 Å². The molecule has 0 saturated carbocycles. The maximum atomic E-state index is 12.0. The maximum Gasteiger partial charge on any atom is 0.350 e. The van der Waals surface area contributed by atoms with Gasteiger partial charge in [-0.1, -0.05) is 41.7 Å². The molecule has 0 aliphatic heterocycles. The Bertz CT molecular complexity index is 958. The zero-order valence-corrected chi connectivity index (χ0v) is 16.0. The normalized spacial score (nSPS) is 10.8. The van der Waals surface area contributed by atoms with E-state index in [0.29, 0.717) is 20.2 Å². The first kappa shape index (κ1) is 18.1. The number of nitrogens with one attached hydrogen (secondary N) is 1. The van der Waals surface area contributed by atoms with Crippen molar-refractivity contribution in [1.82, 2.24) is 4.98 Å². The van der Waals surface area contributed by atoms with Crippen LogP contribution in [0.2, 0.25) is 0 Å². The highest BCUT2D eigenvalue weighted by atomic mass is 79.9. The molecule has 2 aromatic carbocycles. The molecule has 1 heterocycles. The molecule has 0 aliphatic rings. The van der Waals surface area contributed by atoms with E-state index in [0.717, 1.165) is 11.1 Å². The number of phenols is 1. The van der Waals surface area contributed by atoms with E-state index in [1.54, 1.807) is 24.4 Å². The van der Waals surface area contributed by atoms with Gasteiger partial charge in [-0.25, -0.2) is 9.78 Å². The lowest BCUT2D eigenvalue weighted by Crippen LogP contribution is -2.00. The van der Waals surface area contributed by atoms with Crippen LogP contribution in [0.3, 0.4) is 0 Å². The predicted octanol–water partition coefficient (Wildman–Crippen LogP) is 4.51. The van der Waals surface area contributed by atoms with Crippen LogP contribution in [0, 0.1) is 0 Å². The Morgan fingerprint density at radius 3 is 2.77 bits per heavy atom. The number of hydrazone groups is 1. The summed E-state index contributed by atoms with van der Waals surface area (Å²) in [7, 11) is 1.34. The fourth-order valence-corrected chi connectivity index (χ4v) is 3.41. The minimum Gasteiger partial charge on any atom is -0.507 e. The standard InChI is InChI=1S/C18H14BrN3O3S/c1-25-17(24)16-15(12-5-3-2-4-6-12)21-18(26-16)22-20-10-11-7-8-14(23)13(19)9-11/h2-10,23H,1H3,(H,21,22)/b20-10-. The molecule has 0 amide bonds. The Labute approximate surface area is 162 Å². The molecule has 6 nitrogen and oxygen atoms in total. The molecule has 3 rings (SSSR count). The van der Waals surface area contributed by atoms with E-state index in [1.807, 2.05) is 30.3 Å². The molecule has 26 heavy (non-hydrogen) atoms. The van der Waals surface area contributed by atoms with E-state index < -0.39 is 5.97 Å². The molecule has 8 heteroatoms. The van der Waals surface area contributed by atoms with Crippen LogP contribution < -0.4 is 5.43 Å². The zero-order chi connectivity index (χ0) is 18.5. The van der Waals surface area contributed by atoms with Crippen molar-refractivity contribution in [3.63, 3.8) is 0 Å². The first-order valence-electron chi connectivity index (χ1n) is 7.50. The molecule has 3 aromatic rings. The van der Waals surface area contributed by atoms with Crippen LogP contribution in [-0.4, -0.2) is 29.4 Å². The molecule has 0 spiro atoms. The number of anilines is 1. The number of carbonyl (C=O) groups is 1. The van der Waals surface area contributed by atoms with Gasteiger partial charge < -0.3 is 9.84 Å². The summed E-state index contributed by atoms with van der Waals surface area (Å²) in [4.78, 5) is 16.9. The Balaban J connectivity index is 1.84. The number of methoxy groups -OCH3 is 1. The number of benzene rings is 2. The van der Waals surface area contributed by atoms with Gasteiger partial charge in [0, 0.05) is 5.56 Å². The average molecular weight is 432 g/mol. The van der Waals surface area contributed by atoms with Crippen molar-refractivity contribution in [3.05, 3.63) is 63.4 Å². The summed E-state index contributed by atoms with van der Waals surface area (Å²) in [5.74, 6) is -0.286. The van der Waals surface area contributed by atoms with Crippen molar-refractivity contribution in [2.75, 3.05) is 12.5 Å². The molecule has 0 aliphatic carbocycles. The van der Waals surface area contributed by atoms with Crippen LogP contribution in [0.25, 0.3) is 11.3 Å². The number of nitrogens with zero attached hydrogens (tertiary/aromatic N) is 2. The average Bonchev–Trinajstić information content (AvgIpc) is 3.09. The molecule has 0 unspecified atom stereocenters. The number of halogens is 1. The molecule has 0 saturated heterocycles. The van der Waals surface area contributed by atoms with E-state index >= 15 is 0 Å².